The Bertz CT molecular complexity index is 996. The van der Waals surface area contributed by atoms with E-state index in [9.17, 15) is 9.59 Å². The highest BCUT2D eigenvalue weighted by Crippen LogP contribution is 2.15. The van der Waals surface area contributed by atoms with Crippen molar-refractivity contribution < 1.29 is 18.7 Å². The number of pyridine rings is 1. The van der Waals surface area contributed by atoms with Crippen LogP contribution in [0, 0.1) is 0 Å². The van der Waals surface area contributed by atoms with Gasteiger partial charge in [0.15, 0.2) is 5.76 Å². The van der Waals surface area contributed by atoms with Crippen LogP contribution in [0.3, 0.4) is 0 Å². The molecule has 0 bridgehead atoms. The number of nitrogens with one attached hydrogen (secondary N) is 2. The van der Waals surface area contributed by atoms with Crippen LogP contribution < -0.4 is 15.5 Å². The summed E-state index contributed by atoms with van der Waals surface area (Å²) < 4.78 is 10.4. The van der Waals surface area contributed by atoms with Gasteiger partial charge in [0, 0.05) is 37.1 Å². The Labute approximate surface area is 173 Å². The molecule has 30 heavy (non-hydrogen) atoms. The number of furan rings is 1. The maximum Gasteiger partial charge on any atom is 0.291 e. The monoisotopic (exact) mass is 406 g/mol. The lowest BCUT2D eigenvalue weighted by Gasteiger charge is -2.28. The van der Waals surface area contributed by atoms with Gasteiger partial charge in [0.1, 0.15) is 5.82 Å². The van der Waals surface area contributed by atoms with Gasteiger partial charge in [-0.25, -0.2) is 4.98 Å². The van der Waals surface area contributed by atoms with Gasteiger partial charge in [-0.2, -0.15) is 0 Å². The van der Waals surface area contributed by atoms with Gasteiger partial charge in [-0.3, -0.25) is 9.59 Å². The van der Waals surface area contributed by atoms with Crippen LogP contribution in [0.1, 0.15) is 26.5 Å². The van der Waals surface area contributed by atoms with E-state index in [1.54, 1.807) is 42.6 Å². The number of morpholine rings is 1. The topological polar surface area (TPSA) is 96.7 Å². The van der Waals surface area contributed by atoms with E-state index in [0.29, 0.717) is 31.0 Å². The molecule has 3 aromatic rings. The second kappa shape index (κ2) is 9.23. The van der Waals surface area contributed by atoms with Crippen LogP contribution in [-0.2, 0) is 11.3 Å². The first-order chi connectivity index (χ1) is 14.7. The summed E-state index contributed by atoms with van der Waals surface area (Å²) in [4.78, 5) is 31.1. The summed E-state index contributed by atoms with van der Waals surface area (Å²) in [6, 6.07) is 13.8. The zero-order chi connectivity index (χ0) is 20.8. The van der Waals surface area contributed by atoms with Crippen LogP contribution >= 0.6 is 0 Å². The fourth-order valence-corrected chi connectivity index (χ4v) is 3.13. The molecule has 154 valence electrons. The van der Waals surface area contributed by atoms with E-state index in [0.717, 1.165) is 24.5 Å². The Hall–Kier alpha value is -3.65. The van der Waals surface area contributed by atoms with Crippen LogP contribution in [0.4, 0.5) is 11.5 Å². The Kier molecular flexibility index (Phi) is 6.05. The maximum absolute atomic E-state index is 12.5. The van der Waals surface area contributed by atoms with E-state index in [2.05, 4.69) is 20.5 Å². The number of aromatic nitrogens is 1. The van der Waals surface area contributed by atoms with Crippen molar-refractivity contribution >= 4 is 23.3 Å². The van der Waals surface area contributed by atoms with E-state index >= 15 is 0 Å². The average Bonchev–Trinajstić information content (AvgIpc) is 3.34. The fourth-order valence-electron chi connectivity index (χ4n) is 3.13. The lowest BCUT2D eigenvalue weighted by atomic mass is 10.2. The molecule has 2 aromatic heterocycles. The highest BCUT2D eigenvalue weighted by atomic mass is 16.5. The number of benzene rings is 1. The van der Waals surface area contributed by atoms with Crippen LogP contribution in [0.25, 0.3) is 0 Å². The number of amides is 2. The van der Waals surface area contributed by atoms with Crippen LogP contribution in [0.2, 0.25) is 0 Å². The highest BCUT2D eigenvalue weighted by molar-refractivity contribution is 6.02. The quantitative estimate of drug-likeness (QED) is 0.653. The summed E-state index contributed by atoms with van der Waals surface area (Å²) in [5.41, 5.74) is 2.06. The molecule has 0 saturated carbocycles. The molecule has 0 radical (unpaired) electrons. The lowest BCUT2D eigenvalue weighted by molar-refractivity contribution is 0.0950. The average molecular weight is 406 g/mol. The van der Waals surface area contributed by atoms with Crippen molar-refractivity contribution in [1.82, 2.24) is 10.3 Å². The molecule has 0 unspecified atom stereocenters. The molecule has 1 saturated heterocycles. The van der Waals surface area contributed by atoms with Gasteiger partial charge in [0.25, 0.3) is 11.8 Å². The lowest BCUT2D eigenvalue weighted by Crippen LogP contribution is -2.36. The van der Waals surface area contributed by atoms with Crippen molar-refractivity contribution in [2.75, 3.05) is 36.5 Å². The number of hydrogen-bond donors (Lipinski definition) is 2. The molecule has 4 rings (SSSR count). The molecule has 2 amide bonds. The van der Waals surface area contributed by atoms with Gasteiger partial charge in [-0.1, -0.05) is 0 Å². The second-order valence-corrected chi connectivity index (χ2v) is 6.81. The van der Waals surface area contributed by atoms with E-state index in [-0.39, 0.29) is 17.6 Å². The summed E-state index contributed by atoms with van der Waals surface area (Å²) in [5.74, 6) is 0.585. The van der Waals surface area contributed by atoms with Gasteiger partial charge in [-0.15, -0.1) is 0 Å². The van der Waals surface area contributed by atoms with Gasteiger partial charge in [0.05, 0.1) is 19.5 Å². The van der Waals surface area contributed by atoms with Crippen LogP contribution in [0.15, 0.2) is 65.4 Å². The number of rotatable bonds is 6. The third-order valence-corrected chi connectivity index (χ3v) is 4.75. The molecule has 1 aliphatic rings. The summed E-state index contributed by atoms with van der Waals surface area (Å²) in [7, 11) is 0. The number of hydrogen-bond acceptors (Lipinski definition) is 6. The zero-order valence-electron chi connectivity index (χ0n) is 16.3. The number of carbonyl (C=O) groups is 2. The number of nitrogens with zero attached hydrogens (tertiary/aromatic N) is 2. The number of ether oxygens (including phenoxy) is 1. The molecule has 1 aliphatic heterocycles. The molecule has 3 heterocycles. The first-order valence-corrected chi connectivity index (χ1v) is 9.70. The van der Waals surface area contributed by atoms with Gasteiger partial charge >= 0.3 is 0 Å². The van der Waals surface area contributed by atoms with Crippen LogP contribution in [-0.4, -0.2) is 43.1 Å². The van der Waals surface area contributed by atoms with Gasteiger partial charge in [0.2, 0.25) is 0 Å². The molecule has 0 spiro atoms. The van der Waals surface area contributed by atoms with Crippen molar-refractivity contribution in [3.63, 3.8) is 0 Å². The van der Waals surface area contributed by atoms with Gasteiger partial charge < -0.3 is 24.7 Å². The summed E-state index contributed by atoms with van der Waals surface area (Å²) in [6.07, 6.45) is 3.19. The van der Waals surface area contributed by atoms with Crippen molar-refractivity contribution in [1.29, 1.82) is 0 Å². The minimum absolute atomic E-state index is 0.191. The van der Waals surface area contributed by atoms with E-state index < -0.39 is 0 Å². The van der Waals surface area contributed by atoms with Gasteiger partial charge in [-0.05, 0) is 54.1 Å². The smallest absolute Gasteiger partial charge is 0.291 e. The first-order valence-electron chi connectivity index (χ1n) is 9.70. The minimum Gasteiger partial charge on any atom is -0.459 e. The molecule has 0 aliphatic carbocycles. The van der Waals surface area contributed by atoms with Crippen molar-refractivity contribution in [2.24, 2.45) is 0 Å². The Balaban J connectivity index is 1.32. The molecule has 0 atom stereocenters. The normalized spacial score (nSPS) is 13.7. The van der Waals surface area contributed by atoms with E-state index in [4.69, 9.17) is 9.15 Å². The zero-order valence-corrected chi connectivity index (χ0v) is 16.3. The summed E-state index contributed by atoms with van der Waals surface area (Å²) in [6.45, 7) is 3.41. The summed E-state index contributed by atoms with van der Waals surface area (Å²) in [5, 5.41) is 5.64. The molecular weight excluding hydrogens is 384 g/mol. The van der Waals surface area contributed by atoms with Crippen LogP contribution in [0.5, 0.6) is 0 Å². The molecule has 1 fully saturated rings. The molecule has 1 aromatic carbocycles. The minimum atomic E-state index is -0.342. The maximum atomic E-state index is 12.5. The van der Waals surface area contributed by atoms with Crippen molar-refractivity contribution in [2.45, 2.75) is 6.54 Å². The standard InChI is InChI=1S/C22H22N4O4/c27-21(17-3-5-18(6-4-17)25-22(28)19-2-1-11-30-19)24-15-16-7-8-23-20(14-16)26-9-12-29-13-10-26/h1-8,11,14H,9-10,12-13,15H2,(H,24,27)(H,25,28). The second-order valence-electron chi connectivity index (χ2n) is 6.81. The third kappa shape index (κ3) is 4.84. The highest BCUT2D eigenvalue weighted by Gasteiger charge is 2.13. The Morgan fingerprint density at radius 1 is 1.03 bits per heavy atom. The van der Waals surface area contributed by atoms with Crippen molar-refractivity contribution in [3.8, 4) is 0 Å². The molecule has 8 heteroatoms. The number of carbonyl (C=O) groups excluding carboxylic acids is 2. The third-order valence-electron chi connectivity index (χ3n) is 4.75. The SMILES string of the molecule is O=C(NCc1ccnc(N2CCOCC2)c1)c1ccc(NC(=O)c2ccco2)cc1. The van der Waals surface area contributed by atoms with Crippen molar-refractivity contribution in [3.05, 3.63) is 77.9 Å². The molecule has 2 N–H and O–H groups in total. The predicted octanol–water partition coefficient (Wildman–Crippen LogP) is 2.69. The molecule has 8 nitrogen and oxygen atoms in total. The number of anilines is 2. The fraction of sp³-hybridized carbons (Fsp3) is 0.227. The largest absolute Gasteiger partial charge is 0.459 e. The summed E-state index contributed by atoms with van der Waals surface area (Å²) >= 11 is 0. The predicted molar refractivity (Wildman–Crippen MR) is 112 cm³/mol. The first kappa shape index (κ1) is 19.7. The van der Waals surface area contributed by atoms with E-state index in [1.165, 1.54) is 6.26 Å². The Morgan fingerprint density at radius 2 is 1.83 bits per heavy atom. The molecular formula is C22H22N4O4. The van der Waals surface area contributed by atoms with E-state index in [1.807, 2.05) is 12.1 Å². The Morgan fingerprint density at radius 3 is 2.57 bits per heavy atom.